The molecule has 0 saturated carbocycles. The normalized spacial score (nSPS) is 8.73. The quantitative estimate of drug-likeness (QED) is 0.692. The fourth-order valence-electron chi connectivity index (χ4n) is 1.24. The highest BCUT2D eigenvalue weighted by Gasteiger charge is 2.09. The fraction of sp³-hybridized carbons (Fsp3) is 0.182. The zero-order valence-electron chi connectivity index (χ0n) is 8.15. The van der Waals surface area contributed by atoms with Gasteiger partial charge in [-0.15, -0.1) is 0 Å². The molecule has 0 fully saturated rings. The number of carbonyl (C=O) groups excluding carboxylic acids is 1. The summed E-state index contributed by atoms with van der Waals surface area (Å²) in [6, 6.07) is 6.86. The van der Waals surface area contributed by atoms with Crippen molar-refractivity contribution in [1.29, 1.82) is 10.5 Å². The molecular weight excluding hydrogens is 192 g/mol. The van der Waals surface area contributed by atoms with Crippen LogP contribution in [-0.4, -0.2) is 13.4 Å². The van der Waals surface area contributed by atoms with E-state index < -0.39 is 0 Å². The van der Waals surface area contributed by atoms with Gasteiger partial charge in [0.1, 0.15) is 11.8 Å². The number of aldehydes is 1. The number of nitrogens with zero attached hydrogens (tertiary/aromatic N) is 2. The van der Waals surface area contributed by atoms with Gasteiger partial charge in [-0.05, 0) is 17.7 Å². The maximum absolute atomic E-state index is 10.7. The van der Waals surface area contributed by atoms with E-state index in [0.29, 0.717) is 28.7 Å². The molecule has 0 heterocycles. The van der Waals surface area contributed by atoms with Gasteiger partial charge in [0.05, 0.1) is 25.2 Å². The second-order valence-corrected chi connectivity index (χ2v) is 2.82. The summed E-state index contributed by atoms with van der Waals surface area (Å²) in [7, 11) is 1.43. The Morgan fingerprint density at radius 1 is 1.47 bits per heavy atom. The van der Waals surface area contributed by atoms with Gasteiger partial charge in [0, 0.05) is 5.56 Å². The summed E-state index contributed by atoms with van der Waals surface area (Å²) in [5.74, 6) is 0.348. The van der Waals surface area contributed by atoms with Crippen LogP contribution in [0.1, 0.15) is 21.5 Å². The molecule has 0 aliphatic heterocycles. The summed E-state index contributed by atoms with van der Waals surface area (Å²) in [4.78, 5) is 10.7. The van der Waals surface area contributed by atoms with Crippen molar-refractivity contribution in [3.8, 4) is 17.9 Å². The van der Waals surface area contributed by atoms with Crippen molar-refractivity contribution < 1.29 is 9.53 Å². The first-order valence-electron chi connectivity index (χ1n) is 4.20. The van der Waals surface area contributed by atoms with Crippen LogP contribution >= 0.6 is 0 Å². The van der Waals surface area contributed by atoms with Crippen LogP contribution in [-0.2, 0) is 6.42 Å². The molecule has 1 aromatic carbocycles. The van der Waals surface area contributed by atoms with E-state index in [-0.39, 0.29) is 6.42 Å². The smallest absolute Gasteiger partial charge is 0.150 e. The van der Waals surface area contributed by atoms with Crippen LogP contribution in [0.5, 0.6) is 5.75 Å². The monoisotopic (exact) mass is 200 g/mol. The summed E-state index contributed by atoms with van der Waals surface area (Å²) < 4.78 is 4.95. The van der Waals surface area contributed by atoms with Gasteiger partial charge in [-0.1, -0.05) is 0 Å². The Labute approximate surface area is 87.3 Å². The highest BCUT2D eigenvalue weighted by molar-refractivity contribution is 5.79. The molecule has 0 unspecified atom stereocenters. The molecule has 0 atom stereocenters. The molecule has 0 bridgehead atoms. The van der Waals surface area contributed by atoms with Crippen LogP contribution in [0.4, 0.5) is 0 Å². The highest BCUT2D eigenvalue weighted by atomic mass is 16.5. The summed E-state index contributed by atoms with van der Waals surface area (Å²) in [5, 5.41) is 17.4. The Morgan fingerprint density at radius 3 is 2.67 bits per heavy atom. The first-order valence-corrected chi connectivity index (χ1v) is 4.20. The molecule has 0 aliphatic carbocycles. The predicted molar refractivity (Wildman–Crippen MR) is 52.4 cm³/mol. The molecule has 0 N–H and O–H groups in total. The molecule has 0 saturated heterocycles. The number of hydrogen-bond acceptors (Lipinski definition) is 4. The van der Waals surface area contributed by atoms with Crippen molar-refractivity contribution in [3.05, 3.63) is 28.8 Å². The first kappa shape index (κ1) is 10.7. The molecule has 0 spiro atoms. The Bertz CT molecular complexity index is 467. The molecule has 1 aromatic rings. The lowest BCUT2D eigenvalue weighted by molar-refractivity contribution is 0.112. The third-order valence-electron chi connectivity index (χ3n) is 1.98. The van der Waals surface area contributed by atoms with E-state index in [9.17, 15) is 4.79 Å². The Kier molecular flexibility index (Phi) is 3.43. The fourth-order valence-corrected chi connectivity index (χ4v) is 1.24. The van der Waals surface area contributed by atoms with E-state index >= 15 is 0 Å². The van der Waals surface area contributed by atoms with E-state index in [1.54, 1.807) is 0 Å². The van der Waals surface area contributed by atoms with Gasteiger partial charge in [-0.25, -0.2) is 0 Å². The second kappa shape index (κ2) is 4.78. The molecule has 0 radical (unpaired) electrons. The van der Waals surface area contributed by atoms with Crippen molar-refractivity contribution >= 4 is 6.29 Å². The summed E-state index contributed by atoms with van der Waals surface area (Å²) >= 11 is 0. The molecule has 0 aromatic heterocycles. The first-order chi connectivity index (χ1) is 7.26. The van der Waals surface area contributed by atoms with Gasteiger partial charge < -0.3 is 4.74 Å². The SMILES string of the molecule is COc1cc(C=O)c(CC#N)cc1C#N. The van der Waals surface area contributed by atoms with Crippen molar-refractivity contribution in [2.24, 2.45) is 0 Å². The molecule has 0 aliphatic rings. The molecule has 4 nitrogen and oxygen atoms in total. The minimum atomic E-state index is 0.104. The number of methoxy groups -OCH3 is 1. The van der Waals surface area contributed by atoms with Crippen LogP contribution in [0, 0.1) is 22.7 Å². The number of rotatable bonds is 3. The lowest BCUT2D eigenvalue weighted by Crippen LogP contribution is -1.96. The number of hydrogen-bond donors (Lipinski definition) is 0. The molecule has 15 heavy (non-hydrogen) atoms. The van der Waals surface area contributed by atoms with E-state index in [0.717, 1.165) is 0 Å². The van der Waals surface area contributed by atoms with Gasteiger partial charge in [0.25, 0.3) is 0 Å². The molecule has 1 rings (SSSR count). The number of carbonyl (C=O) groups is 1. The minimum absolute atomic E-state index is 0.104. The summed E-state index contributed by atoms with van der Waals surface area (Å²) in [6.07, 6.45) is 0.753. The van der Waals surface area contributed by atoms with Crippen molar-refractivity contribution in [2.45, 2.75) is 6.42 Å². The maximum atomic E-state index is 10.7. The van der Waals surface area contributed by atoms with Crippen LogP contribution in [0.2, 0.25) is 0 Å². The van der Waals surface area contributed by atoms with E-state index in [4.69, 9.17) is 15.3 Å². The van der Waals surface area contributed by atoms with E-state index in [2.05, 4.69) is 0 Å². The van der Waals surface area contributed by atoms with Crippen LogP contribution < -0.4 is 4.74 Å². The number of ether oxygens (including phenoxy) is 1. The average molecular weight is 200 g/mol. The largest absolute Gasteiger partial charge is 0.495 e. The number of nitriles is 2. The maximum Gasteiger partial charge on any atom is 0.150 e. The standard InChI is InChI=1S/C11H8N2O2/c1-15-11-5-10(7-14)8(2-3-12)4-9(11)6-13/h4-5,7H,2H2,1H3. The van der Waals surface area contributed by atoms with Gasteiger partial charge in [-0.3, -0.25) is 4.79 Å². The van der Waals surface area contributed by atoms with Crippen LogP contribution in [0.3, 0.4) is 0 Å². The Hall–Kier alpha value is -2.33. The molecular formula is C11H8N2O2. The summed E-state index contributed by atoms with van der Waals surface area (Å²) in [6.45, 7) is 0. The lowest BCUT2D eigenvalue weighted by atomic mass is 10.0. The Morgan fingerprint density at radius 2 is 2.20 bits per heavy atom. The number of benzene rings is 1. The summed E-state index contributed by atoms with van der Waals surface area (Å²) in [5.41, 5.74) is 1.26. The zero-order valence-corrected chi connectivity index (χ0v) is 8.15. The average Bonchev–Trinajstić information content (AvgIpc) is 2.28. The Balaban J connectivity index is 3.36. The van der Waals surface area contributed by atoms with Gasteiger partial charge in [-0.2, -0.15) is 10.5 Å². The van der Waals surface area contributed by atoms with Crippen molar-refractivity contribution in [1.82, 2.24) is 0 Å². The second-order valence-electron chi connectivity index (χ2n) is 2.82. The van der Waals surface area contributed by atoms with Crippen LogP contribution in [0.25, 0.3) is 0 Å². The van der Waals surface area contributed by atoms with Gasteiger partial charge >= 0.3 is 0 Å². The van der Waals surface area contributed by atoms with E-state index in [1.165, 1.54) is 19.2 Å². The van der Waals surface area contributed by atoms with Crippen molar-refractivity contribution in [3.63, 3.8) is 0 Å². The van der Waals surface area contributed by atoms with Gasteiger partial charge in [0.15, 0.2) is 6.29 Å². The third-order valence-corrected chi connectivity index (χ3v) is 1.98. The molecule has 74 valence electrons. The van der Waals surface area contributed by atoms with E-state index in [1.807, 2.05) is 12.1 Å². The predicted octanol–water partition coefficient (Wildman–Crippen LogP) is 1.45. The van der Waals surface area contributed by atoms with Gasteiger partial charge in [0.2, 0.25) is 0 Å². The third kappa shape index (κ3) is 2.12. The topological polar surface area (TPSA) is 73.9 Å². The molecule has 4 heteroatoms. The lowest BCUT2D eigenvalue weighted by Gasteiger charge is -2.06. The highest BCUT2D eigenvalue weighted by Crippen LogP contribution is 2.22. The van der Waals surface area contributed by atoms with Crippen LogP contribution in [0.15, 0.2) is 12.1 Å². The minimum Gasteiger partial charge on any atom is -0.495 e. The van der Waals surface area contributed by atoms with Crippen molar-refractivity contribution in [2.75, 3.05) is 7.11 Å². The zero-order chi connectivity index (χ0) is 11.3. The molecule has 0 amide bonds.